The Balaban J connectivity index is 2.15. The number of hydrogen-bond acceptors (Lipinski definition) is 5. The van der Waals surface area contributed by atoms with Crippen LogP contribution in [0.3, 0.4) is 0 Å². The van der Waals surface area contributed by atoms with E-state index in [-0.39, 0.29) is 20.8 Å². The Kier molecular flexibility index (Phi) is 3.21. The molecule has 0 radical (unpaired) electrons. The molecule has 17 heavy (non-hydrogen) atoms. The summed E-state index contributed by atoms with van der Waals surface area (Å²) in [5.74, 6) is -1.11. The number of carbonyl (C=O) groups is 1. The Morgan fingerprint density at radius 2 is 2.24 bits per heavy atom. The highest BCUT2D eigenvalue weighted by Gasteiger charge is 2.12. The molecule has 2 rings (SSSR count). The van der Waals surface area contributed by atoms with Crippen LogP contribution in [0.25, 0.3) is 0 Å². The van der Waals surface area contributed by atoms with E-state index in [2.05, 4.69) is 15.5 Å². The molecular formula is C9H6ClFN4OS. The van der Waals surface area contributed by atoms with Gasteiger partial charge < -0.3 is 11.1 Å². The summed E-state index contributed by atoms with van der Waals surface area (Å²) >= 11 is 6.46. The van der Waals surface area contributed by atoms with Gasteiger partial charge in [-0.2, -0.15) is 0 Å². The minimum atomic E-state index is -0.610. The summed E-state index contributed by atoms with van der Waals surface area (Å²) in [5, 5.41) is 9.81. The topological polar surface area (TPSA) is 80.9 Å². The number of hydrogen-bond donors (Lipinski definition) is 2. The predicted molar refractivity (Wildman–Crippen MR) is 63.7 cm³/mol. The number of benzene rings is 1. The number of nitrogen functional groups attached to an aromatic ring is 1. The second kappa shape index (κ2) is 4.64. The van der Waals surface area contributed by atoms with Gasteiger partial charge in [-0.1, -0.05) is 22.9 Å². The summed E-state index contributed by atoms with van der Waals surface area (Å²) in [6.45, 7) is 0. The highest BCUT2D eigenvalue weighted by Crippen LogP contribution is 2.20. The second-order valence-electron chi connectivity index (χ2n) is 3.03. The number of anilines is 2. The molecule has 1 aromatic heterocycles. The van der Waals surface area contributed by atoms with Crippen molar-refractivity contribution in [3.63, 3.8) is 0 Å². The molecular weight excluding hydrogens is 267 g/mol. The van der Waals surface area contributed by atoms with Gasteiger partial charge in [0, 0.05) is 5.69 Å². The number of carbonyl (C=O) groups excluding carboxylic acids is 1. The van der Waals surface area contributed by atoms with Crippen LogP contribution in [0.5, 0.6) is 0 Å². The largest absolute Gasteiger partial charge is 0.374 e. The molecule has 0 aliphatic carbocycles. The first-order valence-corrected chi connectivity index (χ1v) is 5.61. The first kappa shape index (κ1) is 11.7. The molecule has 0 fully saturated rings. The minimum Gasteiger partial charge on any atom is -0.374 e. The van der Waals surface area contributed by atoms with E-state index in [1.165, 1.54) is 12.1 Å². The Morgan fingerprint density at radius 1 is 1.47 bits per heavy atom. The van der Waals surface area contributed by atoms with E-state index in [4.69, 9.17) is 17.3 Å². The van der Waals surface area contributed by atoms with E-state index in [9.17, 15) is 9.18 Å². The van der Waals surface area contributed by atoms with Crippen molar-refractivity contribution in [2.24, 2.45) is 0 Å². The van der Waals surface area contributed by atoms with Crippen LogP contribution in [-0.4, -0.2) is 16.1 Å². The molecule has 2 aromatic rings. The van der Waals surface area contributed by atoms with Gasteiger partial charge in [0.05, 0.1) is 5.02 Å². The van der Waals surface area contributed by atoms with Crippen LogP contribution in [0.15, 0.2) is 18.2 Å². The first-order valence-electron chi connectivity index (χ1n) is 4.41. The third-order valence-electron chi connectivity index (χ3n) is 1.81. The molecule has 1 amide bonds. The fraction of sp³-hybridized carbons (Fsp3) is 0. The standard InChI is InChI=1S/C9H6ClFN4OS/c10-5-2-1-4(3-6(5)11)13-7(16)8-14-15-9(12)17-8/h1-3H,(H2,12,15)(H,13,16). The Morgan fingerprint density at radius 3 is 2.82 bits per heavy atom. The van der Waals surface area contributed by atoms with Crippen molar-refractivity contribution in [2.75, 3.05) is 11.1 Å². The average Bonchev–Trinajstić information content (AvgIpc) is 2.70. The lowest BCUT2D eigenvalue weighted by atomic mass is 10.3. The van der Waals surface area contributed by atoms with E-state index in [1.807, 2.05) is 0 Å². The van der Waals surface area contributed by atoms with Crippen LogP contribution in [0, 0.1) is 5.82 Å². The van der Waals surface area contributed by atoms with Crippen molar-refractivity contribution in [1.82, 2.24) is 10.2 Å². The zero-order chi connectivity index (χ0) is 12.4. The van der Waals surface area contributed by atoms with Crippen molar-refractivity contribution in [3.8, 4) is 0 Å². The summed E-state index contributed by atoms with van der Waals surface area (Å²) < 4.78 is 13.1. The lowest BCUT2D eigenvalue weighted by molar-refractivity contribution is 0.102. The summed E-state index contributed by atoms with van der Waals surface area (Å²) in [5.41, 5.74) is 5.62. The first-order chi connectivity index (χ1) is 8.06. The summed E-state index contributed by atoms with van der Waals surface area (Å²) in [7, 11) is 0. The normalized spacial score (nSPS) is 10.2. The van der Waals surface area contributed by atoms with Gasteiger partial charge in [-0.15, -0.1) is 10.2 Å². The fourth-order valence-electron chi connectivity index (χ4n) is 1.08. The maximum atomic E-state index is 13.1. The van der Waals surface area contributed by atoms with Crippen molar-refractivity contribution in [1.29, 1.82) is 0 Å². The average molecular weight is 273 g/mol. The molecule has 5 nitrogen and oxygen atoms in total. The van der Waals surface area contributed by atoms with Crippen LogP contribution in [0.2, 0.25) is 5.02 Å². The van der Waals surface area contributed by atoms with Gasteiger partial charge in [0.1, 0.15) is 5.82 Å². The van der Waals surface area contributed by atoms with Gasteiger partial charge in [-0.05, 0) is 18.2 Å². The lowest BCUT2D eigenvalue weighted by Crippen LogP contribution is -2.11. The highest BCUT2D eigenvalue weighted by atomic mass is 35.5. The molecule has 1 heterocycles. The number of nitrogens with one attached hydrogen (secondary N) is 1. The van der Waals surface area contributed by atoms with Crippen molar-refractivity contribution in [2.45, 2.75) is 0 Å². The SMILES string of the molecule is Nc1nnc(C(=O)Nc2ccc(Cl)c(F)c2)s1. The molecule has 0 atom stereocenters. The molecule has 3 N–H and O–H groups in total. The minimum absolute atomic E-state index is 0.0110. The lowest BCUT2D eigenvalue weighted by Gasteiger charge is -2.03. The van der Waals surface area contributed by atoms with Gasteiger partial charge in [0.15, 0.2) is 0 Å². The number of nitrogens with zero attached hydrogens (tertiary/aromatic N) is 2. The molecule has 0 unspecified atom stereocenters. The van der Waals surface area contributed by atoms with E-state index >= 15 is 0 Å². The molecule has 88 valence electrons. The van der Waals surface area contributed by atoms with Crippen LogP contribution < -0.4 is 11.1 Å². The molecule has 8 heteroatoms. The highest BCUT2D eigenvalue weighted by molar-refractivity contribution is 7.16. The summed E-state index contributed by atoms with van der Waals surface area (Å²) in [6, 6.07) is 3.94. The van der Waals surface area contributed by atoms with E-state index in [0.717, 1.165) is 17.4 Å². The molecule has 0 spiro atoms. The fourth-order valence-corrected chi connectivity index (χ4v) is 1.71. The molecule has 0 bridgehead atoms. The Hall–Kier alpha value is -1.73. The zero-order valence-electron chi connectivity index (χ0n) is 8.28. The summed E-state index contributed by atoms with van der Waals surface area (Å²) in [6.07, 6.45) is 0. The van der Waals surface area contributed by atoms with Crippen molar-refractivity contribution >= 4 is 39.7 Å². The van der Waals surface area contributed by atoms with E-state index in [0.29, 0.717) is 0 Å². The number of rotatable bonds is 2. The number of nitrogens with two attached hydrogens (primary N) is 1. The quantitative estimate of drug-likeness (QED) is 0.878. The molecule has 1 aromatic carbocycles. The molecule has 0 saturated heterocycles. The predicted octanol–water partition coefficient (Wildman–Crippen LogP) is 2.17. The van der Waals surface area contributed by atoms with Crippen LogP contribution in [-0.2, 0) is 0 Å². The van der Waals surface area contributed by atoms with Gasteiger partial charge in [-0.3, -0.25) is 4.79 Å². The van der Waals surface area contributed by atoms with Gasteiger partial charge >= 0.3 is 0 Å². The van der Waals surface area contributed by atoms with Crippen LogP contribution >= 0.6 is 22.9 Å². The summed E-state index contributed by atoms with van der Waals surface area (Å²) in [4.78, 5) is 11.6. The van der Waals surface area contributed by atoms with Gasteiger partial charge in [0.2, 0.25) is 10.1 Å². The maximum absolute atomic E-state index is 13.1. The van der Waals surface area contributed by atoms with Crippen LogP contribution in [0.1, 0.15) is 9.80 Å². The van der Waals surface area contributed by atoms with Crippen molar-refractivity contribution < 1.29 is 9.18 Å². The van der Waals surface area contributed by atoms with E-state index < -0.39 is 11.7 Å². The molecule has 0 aliphatic heterocycles. The number of halogens is 2. The third kappa shape index (κ3) is 2.69. The number of amides is 1. The molecule has 0 aliphatic rings. The molecule has 0 saturated carbocycles. The van der Waals surface area contributed by atoms with Gasteiger partial charge in [0.25, 0.3) is 5.91 Å². The Bertz CT molecular complexity index is 574. The maximum Gasteiger partial charge on any atom is 0.286 e. The zero-order valence-corrected chi connectivity index (χ0v) is 9.85. The third-order valence-corrected chi connectivity index (χ3v) is 2.87. The smallest absolute Gasteiger partial charge is 0.286 e. The monoisotopic (exact) mass is 272 g/mol. The second-order valence-corrected chi connectivity index (χ2v) is 4.44. The van der Waals surface area contributed by atoms with Gasteiger partial charge in [-0.25, -0.2) is 4.39 Å². The van der Waals surface area contributed by atoms with Crippen LogP contribution in [0.4, 0.5) is 15.2 Å². The van der Waals surface area contributed by atoms with Crippen molar-refractivity contribution in [3.05, 3.63) is 34.0 Å². The number of aromatic nitrogens is 2. The van der Waals surface area contributed by atoms with E-state index in [1.54, 1.807) is 0 Å². The Labute approximate surface area is 104 Å².